The normalized spacial score (nSPS) is 6.00. The first kappa shape index (κ1) is 6.03. The summed E-state index contributed by atoms with van der Waals surface area (Å²) in [6.45, 7) is 2.91. The summed E-state index contributed by atoms with van der Waals surface area (Å²) in [7, 11) is 0. The van der Waals surface area contributed by atoms with Gasteiger partial charge >= 0.3 is 5.97 Å². The first-order valence-electron chi connectivity index (χ1n) is 1.86. The Hall–Kier alpha value is -0.970. The molecule has 0 saturated heterocycles. The Kier molecular flexibility index (Phi) is 2.78. The molecule has 0 aromatic carbocycles. The van der Waals surface area contributed by atoms with Crippen LogP contribution in [0.4, 0.5) is 0 Å². The molecule has 0 rings (SSSR count). The summed E-state index contributed by atoms with van der Waals surface area (Å²) < 4.78 is 4.19. The molecule has 0 aliphatic heterocycles. The third-order valence-corrected chi connectivity index (χ3v) is 0.297. The Morgan fingerprint density at radius 3 is 2.43 bits per heavy atom. The zero-order valence-electron chi connectivity index (χ0n) is 4.32. The van der Waals surface area contributed by atoms with Gasteiger partial charge in [0.05, 0.1) is 0 Å². The fraction of sp³-hybridized carbons (Fsp3) is 0.400. The van der Waals surface area contributed by atoms with Gasteiger partial charge in [0.2, 0.25) is 0 Å². The quantitative estimate of drug-likeness (QED) is 0.326. The van der Waals surface area contributed by atoms with Crippen molar-refractivity contribution in [1.82, 2.24) is 0 Å². The zero-order chi connectivity index (χ0) is 5.70. The van der Waals surface area contributed by atoms with Crippen LogP contribution in [0, 0.1) is 12.0 Å². The third kappa shape index (κ3) is 5.03. The van der Waals surface area contributed by atoms with E-state index >= 15 is 0 Å². The Balaban J connectivity index is 3.26. The van der Waals surface area contributed by atoms with Crippen LogP contribution >= 0.6 is 0 Å². The highest BCUT2D eigenvalue weighted by Crippen LogP contribution is 1.67. The lowest BCUT2D eigenvalue weighted by molar-refractivity contribution is -0.134. The molecule has 0 aromatic heterocycles. The lowest BCUT2D eigenvalue weighted by Gasteiger charge is -1.79. The van der Waals surface area contributed by atoms with Crippen molar-refractivity contribution < 1.29 is 9.53 Å². The topological polar surface area (TPSA) is 26.3 Å². The van der Waals surface area contributed by atoms with Crippen molar-refractivity contribution >= 4 is 5.97 Å². The first-order chi connectivity index (χ1) is 3.27. The molecule has 0 aromatic rings. The zero-order valence-corrected chi connectivity index (χ0v) is 4.32. The molecule has 0 atom stereocenters. The Bertz CT molecular complexity index is 116. The van der Waals surface area contributed by atoms with Gasteiger partial charge in [-0.15, -0.1) is 0 Å². The third-order valence-electron chi connectivity index (χ3n) is 0.297. The summed E-state index contributed by atoms with van der Waals surface area (Å²) in [5, 5.41) is 0. The van der Waals surface area contributed by atoms with Crippen LogP contribution in [-0.4, -0.2) is 5.97 Å². The van der Waals surface area contributed by atoms with E-state index in [0.29, 0.717) is 0 Å². The van der Waals surface area contributed by atoms with Gasteiger partial charge in [-0.1, -0.05) is 5.92 Å². The molecule has 2 heteroatoms. The molecule has 0 aliphatic rings. The predicted octanol–water partition coefficient (Wildman–Crippen LogP) is 0.530. The molecular formula is C5H6O2. The molecule has 0 aliphatic carbocycles. The van der Waals surface area contributed by atoms with Crippen molar-refractivity contribution in [2.75, 3.05) is 0 Å². The van der Waals surface area contributed by atoms with E-state index in [4.69, 9.17) is 0 Å². The van der Waals surface area contributed by atoms with Crippen molar-refractivity contribution in [2.24, 2.45) is 0 Å². The molecule has 38 valence electrons. The van der Waals surface area contributed by atoms with Gasteiger partial charge in [-0.2, -0.15) is 0 Å². The van der Waals surface area contributed by atoms with Gasteiger partial charge in [0, 0.05) is 13.8 Å². The van der Waals surface area contributed by atoms with Crippen LogP contribution < -0.4 is 0 Å². The van der Waals surface area contributed by atoms with Gasteiger partial charge < -0.3 is 4.74 Å². The van der Waals surface area contributed by atoms with E-state index < -0.39 is 0 Å². The highest BCUT2D eigenvalue weighted by atomic mass is 16.5. The molecule has 0 amide bonds. The van der Waals surface area contributed by atoms with E-state index in [1.165, 1.54) is 6.92 Å². The van der Waals surface area contributed by atoms with Crippen molar-refractivity contribution in [2.45, 2.75) is 13.8 Å². The van der Waals surface area contributed by atoms with Crippen LogP contribution in [0.5, 0.6) is 0 Å². The number of carbonyl (C=O) groups excluding carboxylic acids is 1. The molecule has 0 bridgehead atoms. The van der Waals surface area contributed by atoms with E-state index in [-0.39, 0.29) is 5.97 Å². The number of carbonyl (C=O) groups is 1. The van der Waals surface area contributed by atoms with E-state index in [1.54, 1.807) is 6.92 Å². The summed E-state index contributed by atoms with van der Waals surface area (Å²) in [4.78, 5) is 9.88. The Labute approximate surface area is 42.5 Å². The minimum atomic E-state index is -0.366. The van der Waals surface area contributed by atoms with Gasteiger partial charge in [-0.05, 0) is 0 Å². The number of hydrogen-bond donors (Lipinski definition) is 0. The molecule has 0 saturated carbocycles. The van der Waals surface area contributed by atoms with E-state index in [0.717, 1.165) is 0 Å². The summed E-state index contributed by atoms with van der Waals surface area (Å²) >= 11 is 0. The molecule has 0 heterocycles. The SMILES string of the molecule is CC#COC(C)=O. The highest BCUT2D eigenvalue weighted by Gasteiger charge is 1.81. The number of ether oxygens (including phenoxy) is 1. The molecule has 0 spiro atoms. The summed E-state index contributed by atoms with van der Waals surface area (Å²) in [6, 6.07) is 0. The van der Waals surface area contributed by atoms with Crippen molar-refractivity contribution in [1.29, 1.82) is 0 Å². The maximum atomic E-state index is 9.88. The molecular weight excluding hydrogens is 92.1 g/mol. The first-order valence-corrected chi connectivity index (χ1v) is 1.86. The largest absolute Gasteiger partial charge is 0.372 e. The second kappa shape index (κ2) is 3.23. The number of rotatable bonds is 0. The maximum Gasteiger partial charge on any atom is 0.316 e. The second-order valence-electron chi connectivity index (χ2n) is 0.946. The van der Waals surface area contributed by atoms with Crippen LogP contribution in [0.3, 0.4) is 0 Å². The summed E-state index contributed by atoms with van der Waals surface area (Å²) in [5.41, 5.74) is 0. The molecule has 0 fully saturated rings. The maximum absolute atomic E-state index is 9.88. The Morgan fingerprint density at radius 1 is 1.71 bits per heavy atom. The molecule has 0 radical (unpaired) electrons. The fourth-order valence-corrected chi connectivity index (χ4v) is 0.123. The van der Waals surface area contributed by atoms with E-state index in [9.17, 15) is 4.79 Å². The van der Waals surface area contributed by atoms with Crippen molar-refractivity contribution in [3.63, 3.8) is 0 Å². The molecule has 7 heavy (non-hydrogen) atoms. The fourth-order valence-electron chi connectivity index (χ4n) is 0.123. The van der Waals surface area contributed by atoms with Crippen LogP contribution in [0.1, 0.15) is 13.8 Å². The van der Waals surface area contributed by atoms with Crippen molar-refractivity contribution in [3.05, 3.63) is 0 Å². The van der Waals surface area contributed by atoms with Gasteiger partial charge in [0.25, 0.3) is 0 Å². The van der Waals surface area contributed by atoms with Gasteiger partial charge in [-0.25, -0.2) is 0 Å². The average molecular weight is 98.1 g/mol. The molecule has 2 nitrogen and oxygen atoms in total. The highest BCUT2D eigenvalue weighted by molar-refractivity contribution is 5.67. The average Bonchev–Trinajstić information content (AvgIpc) is 1.61. The lowest BCUT2D eigenvalue weighted by atomic mass is 10.8. The standard InChI is InChI=1S/C5H6O2/c1-3-4-7-5(2)6/h1-2H3. The number of hydrogen-bond acceptors (Lipinski definition) is 2. The van der Waals surface area contributed by atoms with Crippen LogP contribution in [0.15, 0.2) is 0 Å². The Morgan fingerprint density at radius 2 is 2.29 bits per heavy atom. The minimum absolute atomic E-state index is 0.366. The summed E-state index contributed by atoms with van der Waals surface area (Å²) in [5.74, 6) is 2.04. The summed E-state index contributed by atoms with van der Waals surface area (Å²) in [6.07, 6.45) is 2.15. The van der Waals surface area contributed by atoms with Crippen LogP contribution in [-0.2, 0) is 9.53 Å². The van der Waals surface area contributed by atoms with Gasteiger partial charge in [0.1, 0.15) is 6.11 Å². The predicted molar refractivity (Wildman–Crippen MR) is 25.2 cm³/mol. The molecule has 0 unspecified atom stereocenters. The van der Waals surface area contributed by atoms with Gasteiger partial charge in [0.15, 0.2) is 0 Å². The van der Waals surface area contributed by atoms with Gasteiger partial charge in [-0.3, -0.25) is 4.79 Å². The van der Waals surface area contributed by atoms with E-state index in [1.807, 2.05) is 0 Å². The van der Waals surface area contributed by atoms with Crippen LogP contribution in [0.25, 0.3) is 0 Å². The van der Waals surface area contributed by atoms with E-state index in [2.05, 4.69) is 16.8 Å². The second-order valence-corrected chi connectivity index (χ2v) is 0.946. The minimum Gasteiger partial charge on any atom is -0.372 e. The lowest BCUT2D eigenvalue weighted by Crippen LogP contribution is -1.88. The van der Waals surface area contributed by atoms with Crippen LogP contribution in [0.2, 0.25) is 0 Å². The van der Waals surface area contributed by atoms with Crippen molar-refractivity contribution in [3.8, 4) is 12.0 Å². The monoisotopic (exact) mass is 98.0 g/mol. The number of esters is 1. The smallest absolute Gasteiger partial charge is 0.316 e. The molecule has 0 N–H and O–H groups in total.